The first-order valence-electron chi connectivity index (χ1n) is 8.20. The summed E-state index contributed by atoms with van der Waals surface area (Å²) in [6.07, 6.45) is -4.48. The molecule has 1 aliphatic heterocycles. The van der Waals surface area contributed by atoms with Crippen LogP contribution in [0.4, 0.5) is 23.2 Å². The van der Waals surface area contributed by atoms with Crippen molar-refractivity contribution in [2.24, 2.45) is 5.92 Å². The van der Waals surface area contributed by atoms with Crippen LogP contribution in [0.1, 0.15) is 12.0 Å². The van der Waals surface area contributed by atoms with Gasteiger partial charge >= 0.3 is 6.18 Å². The molecule has 0 spiro atoms. The molecule has 5 nitrogen and oxygen atoms in total. The van der Waals surface area contributed by atoms with Crippen molar-refractivity contribution in [3.05, 3.63) is 53.8 Å². The van der Waals surface area contributed by atoms with Gasteiger partial charge in [0, 0.05) is 11.8 Å². The Labute approximate surface area is 158 Å². The van der Waals surface area contributed by atoms with E-state index in [0.717, 1.165) is 24.3 Å². The molecule has 0 unspecified atom stereocenters. The number of hydrogen-bond donors (Lipinski definition) is 1. The normalized spacial score (nSPS) is 18.6. The number of carbonyl (C=O) groups is 1. The monoisotopic (exact) mass is 417 g/mol. The van der Waals surface area contributed by atoms with Crippen LogP contribution in [0.25, 0.3) is 0 Å². The molecule has 28 heavy (non-hydrogen) atoms. The highest BCUT2D eigenvalue weighted by Gasteiger charge is 2.35. The van der Waals surface area contributed by atoms with Crippen molar-refractivity contribution in [2.75, 3.05) is 16.8 Å². The van der Waals surface area contributed by atoms with Crippen LogP contribution < -0.4 is 10.1 Å². The zero-order valence-electron chi connectivity index (χ0n) is 14.3. The number of nitrogens with one attached hydrogen (secondary N) is 1. The third-order valence-corrected chi connectivity index (χ3v) is 5.98. The Hall–Kier alpha value is -2.62. The first-order valence-corrected chi connectivity index (χ1v) is 10.0. The van der Waals surface area contributed by atoms with E-state index in [4.69, 9.17) is 4.74 Å². The molecule has 0 saturated carbocycles. The lowest BCUT2D eigenvalue weighted by molar-refractivity contribution is -0.138. The SMILES string of the molecule is O=C(Nc1ccc(Oc2ccccc2C(F)(F)F)c(F)c1)[C@H]1CCS(=O)(=O)C1. The van der Waals surface area contributed by atoms with Crippen molar-refractivity contribution in [2.45, 2.75) is 12.6 Å². The number of sulfone groups is 1. The fraction of sp³-hybridized carbons (Fsp3) is 0.278. The number of rotatable bonds is 4. The third-order valence-electron chi connectivity index (χ3n) is 4.22. The Morgan fingerprint density at radius 1 is 1.11 bits per heavy atom. The van der Waals surface area contributed by atoms with Gasteiger partial charge in [-0.2, -0.15) is 13.2 Å². The van der Waals surface area contributed by atoms with Gasteiger partial charge in [-0.15, -0.1) is 0 Å². The van der Waals surface area contributed by atoms with Gasteiger partial charge in [0.05, 0.1) is 23.0 Å². The van der Waals surface area contributed by atoms with Crippen LogP contribution in [0.2, 0.25) is 0 Å². The molecule has 1 N–H and O–H groups in total. The molecule has 1 saturated heterocycles. The zero-order chi connectivity index (χ0) is 20.5. The van der Waals surface area contributed by atoms with E-state index in [1.165, 1.54) is 18.2 Å². The summed E-state index contributed by atoms with van der Waals surface area (Å²) in [7, 11) is -3.25. The summed E-state index contributed by atoms with van der Waals surface area (Å²) in [4.78, 5) is 12.1. The van der Waals surface area contributed by atoms with Gasteiger partial charge in [-0.3, -0.25) is 4.79 Å². The number of benzene rings is 2. The van der Waals surface area contributed by atoms with Crippen LogP contribution in [0.5, 0.6) is 11.5 Å². The highest BCUT2D eigenvalue weighted by Crippen LogP contribution is 2.38. The van der Waals surface area contributed by atoms with Gasteiger partial charge in [-0.05, 0) is 30.7 Å². The largest absolute Gasteiger partial charge is 0.454 e. The number of alkyl halides is 3. The smallest absolute Gasteiger partial charge is 0.419 e. The lowest BCUT2D eigenvalue weighted by Gasteiger charge is -2.15. The van der Waals surface area contributed by atoms with Gasteiger partial charge in [0.2, 0.25) is 5.91 Å². The predicted molar refractivity (Wildman–Crippen MR) is 93.3 cm³/mol. The van der Waals surface area contributed by atoms with Crippen LogP contribution in [0, 0.1) is 11.7 Å². The minimum Gasteiger partial charge on any atom is -0.454 e. The predicted octanol–water partition coefficient (Wildman–Crippen LogP) is 4.01. The second-order valence-electron chi connectivity index (χ2n) is 6.33. The standard InChI is InChI=1S/C18H15F4NO4S/c19-14-9-12(23-17(24)11-7-8-28(25,26)10-11)5-6-16(14)27-15-4-2-1-3-13(15)18(20,21)22/h1-6,9,11H,7-8,10H2,(H,23,24)/t11-/m0/s1. The van der Waals surface area contributed by atoms with Gasteiger partial charge in [-0.1, -0.05) is 12.1 Å². The van der Waals surface area contributed by atoms with Gasteiger partial charge < -0.3 is 10.1 Å². The fourth-order valence-corrected chi connectivity index (χ4v) is 4.56. The first-order chi connectivity index (χ1) is 13.0. The maximum atomic E-state index is 14.3. The topological polar surface area (TPSA) is 72.5 Å². The number of para-hydroxylation sites is 1. The number of ether oxygens (including phenoxy) is 1. The molecule has 0 aliphatic carbocycles. The Bertz CT molecular complexity index is 1000. The molecule has 0 radical (unpaired) electrons. The van der Waals surface area contributed by atoms with Crippen molar-refractivity contribution in [1.82, 2.24) is 0 Å². The van der Waals surface area contributed by atoms with E-state index in [-0.39, 0.29) is 23.6 Å². The van der Waals surface area contributed by atoms with E-state index in [1.807, 2.05) is 0 Å². The van der Waals surface area contributed by atoms with Crippen LogP contribution in [0.3, 0.4) is 0 Å². The molecule has 10 heteroatoms. The molecule has 1 amide bonds. The molecule has 3 rings (SSSR count). The maximum Gasteiger partial charge on any atom is 0.419 e. The number of anilines is 1. The highest BCUT2D eigenvalue weighted by atomic mass is 32.2. The fourth-order valence-electron chi connectivity index (χ4n) is 2.82. The molecule has 0 aromatic heterocycles. The summed E-state index contributed by atoms with van der Waals surface area (Å²) in [6.45, 7) is 0. The quantitative estimate of drug-likeness (QED) is 0.763. The average molecular weight is 417 g/mol. The van der Waals surface area contributed by atoms with Gasteiger partial charge in [0.1, 0.15) is 5.75 Å². The minimum atomic E-state index is -4.66. The number of hydrogen-bond acceptors (Lipinski definition) is 4. The van der Waals surface area contributed by atoms with Crippen LogP contribution in [0.15, 0.2) is 42.5 Å². The summed E-state index contributed by atoms with van der Waals surface area (Å²) in [6, 6.07) is 7.64. The summed E-state index contributed by atoms with van der Waals surface area (Å²) in [5.74, 6) is -3.60. The second-order valence-corrected chi connectivity index (χ2v) is 8.56. The number of carbonyl (C=O) groups excluding carboxylic acids is 1. The Morgan fingerprint density at radius 3 is 2.43 bits per heavy atom. The van der Waals surface area contributed by atoms with E-state index in [1.54, 1.807) is 0 Å². The van der Waals surface area contributed by atoms with Crippen molar-refractivity contribution < 1.29 is 35.5 Å². The Kier molecular flexibility index (Phi) is 5.33. The van der Waals surface area contributed by atoms with Crippen LogP contribution in [-0.4, -0.2) is 25.8 Å². The molecule has 1 aliphatic rings. The van der Waals surface area contributed by atoms with Crippen molar-refractivity contribution in [1.29, 1.82) is 0 Å². The van der Waals surface area contributed by atoms with Crippen LogP contribution in [-0.2, 0) is 20.8 Å². The number of halogens is 4. The molecule has 150 valence electrons. The number of amides is 1. The summed E-state index contributed by atoms with van der Waals surface area (Å²) >= 11 is 0. The Balaban J connectivity index is 1.74. The second kappa shape index (κ2) is 7.42. The Morgan fingerprint density at radius 2 is 1.82 bits per heavy atom. The van der Waals surface area contributed by atoms with Crippen molar-refractivity contribution in [3.8, 4) is 11.5 Å². The van der Waals surface area contributed by atoms with E-state index in [9.17, 15) is 30.8 Å². The average Bonchev–Trinajstić information content (AvgIpc) is 2.97. The summed E-state index contributed by atoms with van der Waals surface area (Å²) in [5.41, 5.74) is -1.00. The van der Waals surface area contributed by atoms with Crippen molar-refractivity contribution in [3.63, 3.8) is 0 Å². The lowest BCUT2D eigenvalue weighted by atomic mass is 10.1. The molecular formula is C18H15F4NO4S. The summed E-state index contributed by atoms with van der Waals surface area (Å²) in [5, 5.41) is 2.41. The van der Waals surface area contributed by atoms with Gasteiger partial charge in [0.15, 0.2) is 21.4 Å². The first kappa shape index (κ1) is 20.1. The molecule has 1 atom stereocenters. The summed E-state index contributed by atoms with van der Waals surface area (Å²) < 4.78 is 81.2. The molecule has 2 aromatic rings. The van der Waals surface area contributed by atoms with E-state index < -0.39 is 50.7 Å². The molecule has 1 heterocycles. The molecule has 0 bridgehead atoms. The van der Waals surface area contributed by atoms with E-state index >= 15 is 0 Å². The minimum absolute atomic E-state index is 0.0447. The van der Waals surface area contributed by atoms with Gasteiger partial charge in [0.25, 0.3) is 0 Å². The molecule has 1 fully saturated rings. The third kappa shape index (κ3) is 4.61. The van der Waals surface area contributed by atoms with Crippen molar-refractivity contribution >= 4 is 21.4 Å². The van der Waals surface area contributed by atoms with Gasteiger partial charge in [-0.25, -0.2) is 12.8 Å². The van der Waals surface area contributed by atoms with E-state index in [0.29, 0.717) is 0 Å². The van der Waals surface area contributed by atoms with Crippen LogP contribution >= 0.6 is 0 Å². The molecular weight excluding hydrogens is 402 g/mol. The highest BCUT2D eigenvalue weighted by molar-refractivity contribution is 7.91. The zero-order valence-corrected chi connectivity index (χ0v) is 15.1. The van der Waals surface area contributed by atoms with E-state index in [2.05, 4.69) is 5.32 Å². The maximum absolute atomic E-state index is 14.3. The molecule has 2 aromatic carbocycles. The lowest BCUT2D eigenvalue weighted by Crippen LogP contribution is -2.23.